The van der Waals surface area contributed by atoms with Gasteiger partial charge in [0.15, 0.2) is 0 Å². The molecule has 0 aromatic heterocycles. The molecule has 1 atom stereocenters. The quantitative estimate of drug-likeness (QED) is 0.848. The molecule has 0 fully saturated rings. The van der Waals surface area contributed by atoms with Crippen molar-refractivity contribution in [3.05, 3.63) is 29.8 Å². The molecule has 0 saturated heterocycles. The maximum Gasteiger partial charge on any atom is 0.251 e. The van der Waals surface area contributed by atoms with Crippen LogP contribution in [0.15, 0.2) is 24.3 Å². The second-order valence-electron chi connectivity index (χ2n) is 4.27. The summed E-state index contributed by atoms with van der Waals surface area (Å²) in [5.41, 5.74) is 1.74. The van der Waals surface area contributed by atoms with Gasteiger partial charge in [-0.15, -0.1) is 0 Å². The van der Waals surface area contributed by atoms with E-state index in [9.17, 15) is 4.79 Å². The Morgan fingerprint density at radius 1 is 1.47 bits per heavy atom. The Kier molecular flexibility index (Phi) is 5.48. The van der Waals surface area contributed by atoms with E-state index in [2.05, 4.69) is 28.2 Å². The standard InChI is InChI=1S/C13H19BrN2O/c1-10(14)7-8-15-13(17)11-5-4-6-12(9-11)16(2)3/h4-6,9-10H,7-8H2,1-3H3,(H,15,17). The van der Waals surface area contributed by atoms with Gasteiger partial charge in [-0.1, -0.05) is 28.9 Å². The fourth-order valence-electron chi connectivity index (χ4n) is 1.41. The summed E-state index contributed by atoms with van der Waals surface area (Å²) in [6.45, 7) is 2.76. The van der Waals surface area contributed by atoms with E-state index in [0.717, 1.165) is 12.1 Å². The molecule has 1 unspecified atom stereocenters. The van der Waals surface area contributed by atoms with Gasteiger partial charge in [0.05, 0.1) is 0 Å². The highest BCUT2D eigenvalue weighted by Gasteiger charge is 2.06. The average molecular weight is 299 g/mol. The summed E-state index contributed by atoms with van der Waals surface area (Å²) in [5.74, 6) is -0.0122. The summed E-state index contributed by atoms with van der Waals surface area (Å²) in [4.78, 5) is 14.3. The molecule has 94 valence electrons. The number of rotatable bonds is 5. The highest BCUT2D eigenvalue weighted by molar-refractivity contribution is 9.09. The van der Waals surface area contributed by atoms with Crippen LogP contribution in [-0.4, -0.2) is 31.4 Å². The van der Waals surface area contributed by atoms with Gasteiger partial charge in [0.1, 0.15) is 0 Å². The Bertz CT molecular complexity index is 377. The zero-order valence-electron chi connectivity index (χ0n) is 10.5. The molecule has 17 heavy (non-hydrogen) atoms. The van der Waals surface area contributed by atoms with Crippen molar-refractivity contribution in [2.45, 2.75) is 18.2 Å². The normalized spacial score (nSPS) is 12.0. The Morgan fingerprint density at radius 2 is 2.18 bits per heavy atom. The Morgan fingerprint density at radius 3 is 2.76 bits per heavy atom. The third-order valence-electron chi connectivity index (χ3n) is 2.45. The van der Waals surface area contributed by atoms with Crippen LogP contribution in [0.25, 0.3) is 0 Å². The first-order valence-electron chi connectivity index (χ1n) is 5.70. The second kappa shape index (κ2) is 6.64. The van der Waals surface area contributed by atoms with E-state index < -0.39 is 0 Å². The molecule has 0 aliphatic carbocycles. The molecular weight excluding hydrogens is 280 g/mol. The van der Waals surface area contributed by atoms with Crippen molar-refractivity contribution in [2.75, 3.05) is 25.5 Å². The fraction of sp³-hybridized carbons (Fsp3) is 0.462. The third-order valence-corrected chi connectivity index (χ3v) is 2.91. The average Bonchev–Trinajstić information content (AvgIpc) is 2.28. The SMILES string of the molecule is CC(Br)CCNC(=O)c1cccc(N(C)C)c1. The molecule has 0 spiro atoms. The molecule has 1 aromatic rings. The number of carbonyl (C=O) groups excluding carboxylic acids is 1. The molecule has 0 aliphatic rings. The van der Waals surface area contributed by atoms with Crippen molar-refractivity contribution in [1.29, 1.82) is 0 Å². The van der Waals surface area contributed by atoms with Crippen LogP contribution >= 0.6 is 15.9 Å². The number of anilines is 1. The van der Waals surface area contributed by atoms with Crippen LogP contribution in [0.1, 0.15) is 23.7 Å². The minimum atomic E-state index is -0.0122. The van der Waals surface area contributed by atoms with Crippen LogP contribution in [0.3, 0.4) is 0 Å². The zero-order valence-corrected chi connectivity index (χ0v) is 12.1. The molecule has 4 heteroatoms. The molecule has 1 aromatic carbocycles. The largest absolute Gasteiger partial charge is 0.378 e. The first kappa shape index (κ1) is 14.0. The molecule has 0 saturated carbocycles. The number of hydrogen-bond acceptors (Lipinski definition) is 2. The molecule has 3 nitrogen and oxygen atoms in total. The number of carbonyl (C=O) groups is 1. The molecule has 0 aliphatic heterocycles. The van der Waals surface area contributed by atoms with Crippen LogP contribution in [0.2, 0.25) is 0 Å². The van der Waals surface area contributed by atoms with E-state index in [1.807, 2.05) is 43.3 Å². The number of amides is 1. The minimum absolute atomic E-state index is 0.0122. The highest BCUT2D eigenvalue weighted by Crippen LogP contribution is 2.13. The van der Waals surface area contributed by atoms with E-state index in [1.54, 1.807) is 0 Å². The Labute approximate surface area is 111 Å². The van der Waals surface area contributed by atoms with Crippen molar-refractivity contribution in [3.8, 4) is 0 Å². The maximum absolute atomic E-state index is 11.9. The zero-order chi connectivity index (χ0) is 12.8. The van der Waals surface area contributed by atoms with Gasteiger partial charge in [-0.2, -0.15) is 0 Å². The molecule has 0 heterocycles. The van der Waals surface area contributed by atoms with E-state index in [1.165, 1.54) is 0 Å². The lowest BCUT2D eigenvalue weighted by Gasteiger charge is -2.13. The van der Waals surface area contributed by atoms with Crippen LogP contribution in [0.4, 0.5) is 5.69 Å². The highest BCUT2D eigenvalue weighted by atomic mass is 79.9. The Balaban J connectivity index is 2.59. The molecule has 0 radical (unpaired) electrons. The lowest BCUT2D eigenvalue weighted by Crippen LogP contribution is -2.25. The van der Waals surface area contributed by atoms with Crippen molar-refractivity contribution >= 4 is 27.5 Å². The fourth-order valence-corrected chi connectivity index (χ4v) is 1.64. The van der Waals surface area contributed by atoms with E-state index in [0.29, 0.717) is 16.9 Å². The number of halogens is 1. The van der Waals surface area contributed by atoms with Crippen molar-refractivity contribution < 1.29 is 4.79 Å². The van der Waals surface area contributed by atoms with Gasteiger partial charge in [-0.05, 0) is 24.6 Å². The van der Waals surface area contributed by atoms with E-state index in [4.69, 9.17) is 0 Å². The number of alkyl halides is 1. The summed E-state index contributed by atoms with van der Waals surface area (Å²) in [7, 11) is 3.92. The smallest absolute Gasteiger partial charge is 0.251 e. The lowest BCUT2D eigenvalue weighted by molar-refractivity contribution is 0.0953. The minimum Gasteiger partial charge on any atom is -0.378 e. The topological polar surface area (TPSA) is 32.3 Å². The predicted octanol–water partition coefficient (Wildman–Crippen LogP) is 2.66. The predicted molar refractivity (Wildman–Crippen MR) is 76.1 cm³/mol. The maximum atomic E-state index is 11.9. The first-order chi connectivity index (χ1) is 8.00. The number of benzene rings is 1. The van der Waals surface area contributed by atoms with Crippen molar-refractivity contribution in [2.24, 2.45) is 0 Å². The summed E-state index contributed by atoms with van der Waals surface area (Å²) >= 11 is 3.45. The van der Waals surface area contributed by atoms with Crippen LogP contribution in [0.5, 0.6) is 0 Å². The van der Waals surface area contributed by atoms with Gasteiger partial charge in [-0.3, -0.25) is 4.79 Å². The van der Waals surface area contributed by atoms with Crippen LogP contribution in [-0.2, 0) is 0 Å². The van der Waals surface area contributed by atoms with Crippen LogP contribution < -0.4 is 10.2 Å². The summed E-state index contributed by atoms with van der Waals surface area (Å²) in [6, 6.07) is 7.61. The van der Waals surface area contributed by atoms with Gasteiger partial charge < -0.3 is 10.2 Å². The van der Waals surface area contributed by atoms with Gasteiger partial charge in [-0.25, -0.2) is 0 Å². The molecular formula is C13H19BrN2O. The number of hydrogen-bond donors (Lipinski definition) is 1. The van der Waals surface area contributed by atoms with E-state index in [-0.39, 0.29) is 5.91 Å². The third kappa shape index (κ3) is 4.77. The van der Waals surface area contributed by atoms with Gasteiger partial charge in [0.25, 0.3) is 5.91 Å². The van der Waals surface area contributed by atoms with Gasteiger partial charge in [0.2, 0.25) is 0 Å². The molecule has 1 rings (SSSR count). The molecule has 1 amide bonds. The molecule has 1 N–H and O–H groups in total. The van der Waals surface area contributed by atoms with Gasteiger partial charge in [0, 0.05) is 36.7 Å². The molecule has 0 bridgehead atoms. The summed E-state index contributed by atoms with van der Waals surface area (Å²) < 4.78 is 0. The van der Waals surface area contributed by atoms with Crippen LogP contribution in [0, 0.1) is 0 Å². The monoisotopic (exact) mass is 298 g/mol. The van der Waals surface area contributed by atoms with Crippen molar-refractivity contribution in [1.82, 2.24) is 5.32 Å². The lowest BCUT2D eigenvalue weighted by atomic mass is 10.2. The summed E-state index contributed by atoms with van der Waals surface area (Å²) in [5, 5.41) is 2.91. The number of nitrogens with one attached hydrogen (secondary N) is 1. The Hall–Kier alpha value is -1.03. The van der Waals surface area contributed by atoms with Gasteiger partial charge >= 0.3 is 0 Å². The first-order valence-corrected chi connectivity index (χ1v) is 6.62. The van der Waals surface area contributed by atoms with Crippen molar-refractivity contribution in [3.63, 3.8) is 0 Å². The van der Waals surface area contributed by atoms with E-state index >= 15 is 0 Å². The summed E-state index contributed by atoms with van der Waals surface area (Å²) in [6.07, 6.45) is 0.930. The second-order valence-corrected chi connectivity index (χ2v) is 5.83. The number of nitrogens with zero attached hydrogens (tertiary/aromatic N) is 1.